The highest BCUT2D eigenvalue weighted by Crippen LogP contribution is 2.43. The Hall–Kier alpha value is -2.23. The summed E-state index contributed by atoms with van der Waals surface area (Å²) in [4.78, 5) is 57.5. The Morgan fingerprint density at radius 3 is 2.74 bits per heavy atom. The number of carboxylic acids is 2. The number of nitrogens with zero attached hydrogens (tertiary/aromatic N) is 3. The van der Waals surface area contributed by atoms with E-state index >= 15 is 0 Å². The number of halogens is 1. The van der Waals surface area contributed by atoms with Crippen molar-refractivity contribution < 1.29 is 34.2 Å². The van der Waals surface area contributed by atoms with E-state index in [1.54, 1.807) is 6.26 Å². The van der Waals surface area contributed by atoms with E-state index in [2.05, 4.69) is 20.3 Å². The van der Waals surface area contributed by atoms with Gasteiger partial charge >= 0.3 is 11.9 Å². The first-order chi connectivity index (χ1) is 14.2. The molecule has 31 heavy (non-hydrogen) atoms. The summed E-state index contributed by atoms with van der Waals surface area (Å²) < 4.78 is -1.10. The molecule has 0 saturated carbocycles. The van der Waals surface area contributed by atoms with Crippen LogP contribution in [0.3, 0.4) is 0 Å². The first kappa shape index (κ1) is 25.0. The first-order valence-electron chi connectivity index (χ1n) is 8.33. The number of aliphatic carboxylic acids is 2. The van der Waals surface area contributed by atoms with Crippen molar-refractivity contribution in [3.63, 3.8) is 0 Å². The topological polar surface area (TPSA) is 185 Å². The van der Waals surface area contributed by atoms with Crippen LogP contribution in [0.1, 0.15) is 5.69 Å². The van der Waals surface area contributed by atoms with Gasteiger partial charge in [-0.2, -0.15) is 0 Å². The lowest BCUT2D eigenvalue weighted by Gasteiger charge is -2.53. The van der Waals surface area contributed by atoms with E-state index in [9.17, 15) is 24.3 Å². The molecule has 2 saturated heterocycles. The molecule has 3 rings (SSSR count). The van der Waals surface area contributed by atoms with Crippen molar-refractivity contribution in [2.24, 2.45) is 5.16 Å². The van der Waals surface area contributed by atoms with Crippen LogP contribution in [0.25, 0.3) is 0 Å². The Bertz CT molecular complexity index is 929. The van der Waals surface area contributed by atoms with E-state index < -0.39 is 46.5 Å². The standard InChI is InChI=1S/C15H17N5O7S3.ClH/c1-28-15(13(25)26)4-20-11(24)9(12(20)30-5-15)18-10(23)8(19-27-2-7(21)22)6-3-29-14(16)17-6;/h3,9,12H,2,4-5H2,1H3,(H2,16,17)(H,18,23)(H,21,22)(H,25,26);1H/t9?,12-,15?;/m1./s1. The highest BCUT2D eigenvalue weighted by Gasteiger charge is 2.57. The fraction of sp³-hybridized carbons (Fsp3) is 0.467. The molecule has 5 N–H and O–H groups in total. The first-order valence-corrected chi connectivity index (χ1v) is 11.5. The van der Waals surface area contributed by atoms with Crippen LogP contribution in [0.15, 0.2) is 10.5 Å². The minimum absolute atomic E-state index is 0. The van der Waals surface area contributed by atoms with Gasteiger partial charge in [0.25, 0.3) is 5.91 Å². The van der Waals surface area contributed by atoms with Gasteiger partial charge in [-0.3, -0.25) is 14.4 Å². The number of carbonyl (C=O) groups excluding carboxylic acids is 2. The van der Waals surface area contributed by atoms with Gasteiger partial charge in [0.15, 0.2) is 10.8 Å². The summed E-state index contributed by atoms with van der Waals surface area (Å²) in [5.41, 5.74) is 5.33. The fourth-order valence-corrected chi connectivity index (χ4v) is 5.91. The molecule has 0 radical (unpaired) electrons. The fourth-order valence-electron chi connectivity index (χ4n) is 2.85. The number of carbonyl (C=O) groups is 4. The van der Waals surface area contributed by atoms with E-state index in [-0.39, 0.29) is 41.2 Å². The number of anilines is 1. The van der Waals surface area contributed by atoms with Gasteiger partial charge in [-0.05, 0) is 6.26 Å². The third-order valence-corrected chi connectivity index (χ3v) is 8.06. The number of nitrogens with two attached hydrogens (primary N) is 1. The van der Waals surface area contributed by atoms with Gasteiger partial charge in [0, 0.05) is 17.7 Å². The lowest BCUT2D eigenvalue weighted by molar-refractivity contribution is -0.151. The number of β-lactam (4-membered cyclic amide) rings is 1. The smallest absolute Gasteiger partial charge is 0.344 e. The molecule has 3 heterocycles. The number of nitrogens with one attached hydrogen (secondary N) is 1. The van der Waals surface area contributed by atoms with Crippen molar-refractivity contribution in [2.75, 3.05) is 30.9 Å². The molecule has 0 spiro atoms. The normalized spacial score (nSPS) is 25.0. The van der Waals surface area contributed by atoms with E-state index in [4.69, 9.17) is 10.8 Å². The molecule has 12 nitrogen and oxygen atoms in total. The Morgan fingerprint density at radius 2 is 2.19 bits per heavy atom. The monoisotopic (exact) mass is 511 g/mol. The largest absolute Gasteiger partial charge is 0.480 e. The van der Waals surface area contributed by atoms with Gasteiger partial charge in [-0.25, -0.2) is 9.78 Å². The summed E-state index contributed by atoms with van der Waals surface area (Å²) in [6, 6.07) is -0.878. The van der Waals surface area contributed by atoms with Gasteiger partial charge in [-0.15, -0.1) is 47.3 Å². The number of thioether (sulfide) groups is 2. The second-order valence-corrected chi connectivity index (χ2v) is 9.48. The number of oxime groups is 1. The molecule has 0 aromatic carbocycles. The Labute approximate surface area is 194 Å². The lowest BCUT2D eigenvalue weighted by Crippen LogP contribution is -2.74. The molecule has 1 aromatic heterocycles. The number of hydrogen-bond donors (Lipinski definition) is 4. The van der Waals surface area contributed by atoms with Crippen LogP contribution in [0, 0.1) is 0 Å². The third kappa shape index (κ3) is 4.99. The summed E-state index contributed by atoms with van der Waals surface area (Å²) in [7, 11) is 0. The molecule has 3 atom stereocenters. The lowest BCUT2D eigenvalue weighted by atomic mass is 10.0. The van der Waals surface area contributed by atoms with Crippen LogP contribution in [-0.4, -0.2) is 90.9 Å². The molecule has 16 heteroatoms. The molecule has 2 fully saturated rings. The van der Waals surface area contributed by atoms with Crippen molar-refractivity contribution in [1.82, 2.24) is 15.2 Å². The maximum absolute atomic E-state index is 12.7. The molecule has 2 aliphatic heterocycles. The van der Waals surface area contributed by atoms with Crippen molar-refractivity contribution in [3.05, 3.63) is 11.1 Å². The second kappa shape index (κ2) is 9.93. The third-order valence-electron chi connectivity index (χ3n) is 4.45. The van der Waals surface area contributed by atoms with Crippen LogP contribution >= 0.6 is 47.3 Å². The molecule has 2 unspecified atom stereocenters. The SMILES string of the molecule is CSC1(C(=O)O)CS[C@@H]2C(NC(=O)C(=NOCC(=O)O)c3csc(N)n3)C(=O)N2C1.Cl. The predicted molar refractivity (Wildman–Crippen MR) is 118 cm³/mol. The molecular formula is C15H18ClN5O7S3. The molecule has 2 aliphatic rings. The van der Waals surface area contributed by atoms with Gasteiger partial charge in [-0.1, -0.05) is 5.16 Å². The van der Waals surface area contributed by atoms with Crippen molar-refractivity contribution >= 4 is 81.9 Å². The molecule has 2 amide bonds. The van der Waals surface area contributed by atoms with Crippen molar-refractivity contribution in [1.29, 1.82) is 0 Å². The Kier molecular flexibility index (Phi) is 8.02. The summed E-state index contributed by atoms with van der Waals surface area (Å²) >= 11 is 3.49. The molecule has 1 aromatic rings. The highest BCUT2D eigenvalue weighted by molar-refractivity contribution is 8.04. The van der Waals surface area contributed by atoms with E-state index in [1.807, 2.05) is 0 Å². The minimum atomic E-state index is -1.28. The van der Waals surface area contributed by atoms with Crippen LogP contribution < -0.4 is 11.1 Å². The van der Waals surface area contributed by atoms with E-state index in [0.29, 0.717) is 0 Å². The number of amides is 2. The molecular weight excluding hydrogens is 494 g/mol. The maximum atomic E-state index is 12.7. The zero-order valence-corrected chi connectivity index (χ0v) is 19.1. The number of fused-ring (bicyclic) bond motifs is 1. The highest BCUT2D eigenvalue weighted by atomic mass is 35.5. The quantitative estimate of drug-likeness (QED) is 0.201. The molecule has 170 valence electrons. The summed E-state index contributed by atoms with van der Waals surface area (Å²) in [6.07, 6.45) is 1.68. The average Bonchev–Trinajstić information content (AvgIpc) is 3.14. The molecule has 0 aliphatic carbocycles. The van der Waals surface area contributed by atoms with Crippen LogP contribution in [-0.2, 0) is 24.0 Å². The van der Waals surface area contributed by atoms with Crippen LogP contribution in [0.5, 0.6) is 0 Å². The van der Waals surface area contributed by atoms with Gasteiger partial charge < -0.3 is 31.0 Å². The minimum Gasteiger partial charge on any atom is -0.480 e. The van der Waals surface area contributed by atoms with Gasteiger partial charge in [0.05, 0.1) is 0 Å². The number of hydrogen-bond acceptors (Lipinski definition) is 11. The Morgan fingerprint density at radius 1 is 1.48 bits per heavy atom. The number of carboxylic acid groups (broad SMARTS) is 2. The summed E-state index contributed by atoms with van der Waals surface area (Å²) in [5.74, 6) is -3.20. The number of aromatic nitrogens is 1. The van der Waals surface area contributed by atoms with Crippen LogP contribution in [0.2, 0.25) is 0 Å². The molecule has 0 bridgehead atoms. The predicted octanol–water partition coefficient (Wildman–Crippen LogP) is -0.461. The van der Waals surface area contributed by atoms with Crippen LogP contribution in [0.4, 0.5) is 5.13 Å². The van der Waals surface area contributed by atoms with E-state index in [0.717, 1.165) is 11.3 Å². The van der Waals surface area contributed by atoms with Crippen molar-refractivity contribution in [2.45, 2.75) is 16.2 Å². The summed E-state index contributed by atoms with van der Waals surface area (Å²) in [6.45, 7) is -0.728. The number of thiazole rings is 1. The Balaban J connectivity index is 0.00000341. The second-order valence-electron chi connectivity index (χ2n) is 6.30. The zero-order chi connectivity index (χ0) is 22.1. The van der Waals surface area contributed by atoms with Crippen molar-refractivity contribution in [3.8, 4) is 0 Å². The maximum Gasteiger partial charge on any atom is 0.344 e. The van der Waals surface area contributed by atoms with Gasteiger partial charge in [0.2, 0.25) is 12.5 Å². The van der Waals surface area contributed by atoms with Gasteiger partial charge in [0.1, 0.15) is 21.9 Å². The zero-order valence-electron chi connectivity index (χ0n) is 15.8. The number of rotatable bonds is 8. The number of nitrogen functional groups attached to an aromatic ring is 1. The summed E-state index contributed by atoms with van der Waals surface area (Å²) in [5, 5.41) is 25.5. The van der Waals surface area contributed by atoms with E-state index in [1.165, 1.54) is 33.8 Å². The average molecular weight is 512 g/mol.